The summed E-state index contributed by atoms with van der Waals surface area (Å²) in [5, 5.41) is 5.53. The molecule has 0 aromatic carbocycles. The minimum atomic E-state index is -0.333. The summed E-state index contributed by atoms with van der Waals surface area (Å²) in [5.41, 5.74) is 0. The lowest BCUT2D eigenvalue weighted by molar-refractivity contribution is -0.130. The Hall–Kier alpha value is -1.67. The van der Waals surface area contributed by atoms with E-state index in [1.54, 1.807) is 0 Å². The van der Waals surface area contributed by atoms with Crippen LogP contribution in [0.4, 0.5) is 0 Å². The molecule has 3 fully saturated rings. The number of likely N-dealkylation sites (tertiary alicyclic amines) is 1. The van der Waals surface area contributed by atoms with Gasteiger partial charge in [-0.15, -0.1) is 0 Å². The number of ether oxygens (including phenoxy) is 1. The highest BCUT2D eigenvalue weighted by Crippen LogP contribution is 2.28. The molecule has 27 heavy (non-hydrogen) atoms. The topological polar surface area (TPSA) is 91.0 Å². The van der Waals surface area contributed by atoms with Crippen molar-refractivity contribution in [2.45, 2.75) is 44.6 Å². The lowest BCUT2D eigenvalue weighted by atomic mass is 9.94. The maximum absolute atomic E-state index is 12.4. The molecule has 3 amide bonds. The molecule has 8 heteroatoms. The van der Waals surface area contributed by atoms with E-state index < -0.39 is 0 Å². The molecule has 8 nitrogen and oxygen atoms in total. The molecule has 0 bridgehead atoms. The third-order valence-electron chi connectivity index (χ3n) is 5.82. The van der Waals surface area contributed by atoms with E-state index in [2.05, 4.69) is 15.5 Å². The van der Waals surface area contributed by atoms with Gasteiger partial charge >= 0.3 is 0 Å². The van der Waals surface area contributed by atoms with Crippen LogP contribution in [0.1, 0.15) is 38.5 Å². The van der Waals surface area contributed by atoms with Gasteiger partial charge in [-0.1, -0.05) is 19.3 Å². The molecule has 2 saturated heterocycles. The van der Waals surface area contributed by atoms with Crippen LogP contribution in [0, 0.1) is 5.92 Å². The zero-order chi connectivity index (χ0) is 19.1. The monoisotopic (exact) mass is 380 g/mol. The molecule has 2 aliphatic heterocycles. The lowest BCUT2D eigenvalue weighted by Gasteiger charge is -2.31. The quantitative estimate of drug-likeness (QED) is 0.635. The highest BCUT2D eigenvalue weighted by molar-refractivity contribution is 5.91. The van der Waals surface area contributed by atoms with Gasteiger partial charge in [0.25, 0.3) is 0 Å². The highest BCUT2D eigenvalue weighted by atomic mass is 16.5. The van der Waals surface area contributed by atoms with E-state index in [1.807, 2.05) is 4.90 Å². The minimum absolute atomic E-state index is 0.0317. The first kappa shape index (κ1) is 20.1. The average Bonchev–Trinajstić information content (AvgIpc) is 3.09. The van der Waals surface area contributed by atoms with Crippen molar-refractivity contribution in [1.29, 1.82) is 0 Å². The number of rotatable bonds is 7. The van der Waals surface area contributed by atoms with Gasteiger partial charge in [0.2, 0.25) is 17.7 Å². The first-order chi connectivity index (χ1) is 13.1. The second-order valence-electron chi connectivity index (χ2n) is 7.76. The Morgan fingerprint density at radius 2 is 1.81 bits per heavy atom. The fraction of sp³-hybridized carbons (Fsp3) is 0.842. The predicted octanol–water partition coefficient (Wildman–Crippen LogP) is -0.268. The highest BCUT2D eigenvalue weighted by Gasteiger charge is 2.38. The van der Waals surface area contributed by atoms with Crippen LogP contribution in [0.5, 0.6) is 0 Å². The number of hydrogen-bond acceptors (Lipinski definition) is 5. The standard InChI is InChI=1S/C19H32N4O4/c24-17(20-6-7-22-8-10-27-11-9-22)13-21-19(26)15-12-18(25)23(14-15)16-4-2-1-3-5-16/h15-16H,1-14H2,(H,20,24)(H,21,26). The smallest absolute Gasteiger partial charge is 0.239 e. The zero-order valence-corrected chi connectivity index (χ0v) is 16.1. The summed E-state index contributed by atoms with van der Waals surface area (Å²) in [7, 11) is 0. The molecule has 1 aliphatic carbocycles. The summed E-state index contributed by atoms with van der Waals surface area (Å²) in [4.78, 5) is 40.7. The number of carbonyl (C=O) groups excluding carboxylic acids is 3. The van der Waals surface area contributed by atoms with Crippen molar-refractivity contribution < 1.29 is 19.1 Å². The largest absolute Gasteiger partial charge is 0.379 e. The Labute approximate surface area is 161 Å². The van der Waals surface area contributed by atoms with E-state index in [0.717, 1.165) is 58.5 Å². The molecule has 1 atom stereocenters. The number of nitrogens with one attached hydrogen (secondary N) is 2. The Morgan fingerprint density at radius 3 is 2.56 bits per heavy atom. The van der Waals surface area contributed by atoms with E-state index in [-0.39, 0.29) is 36.6 Å². The fourth-order valence-corrected chi connectivity index (χ4v) is 4.21. The Balaban J connectivity index is 1.32. The zero-order valence-electron chi connectivity index (χ0n) is 16.1. The first-order valence-electron chi connectivity index (χ1n) is 10.3. The van der Waals surface area contributed by atoms with E-state index >= 15 is 0 Å². The molecule has 152 valence electrons. The fourth-order valence-electron chi connectivity index (χ4n) is 4.21. The molecule has 0 aromatic rings. The molecule has 2 N–H and O–H groups in total. The molecule has 3 rings (SSSR count). The van der Waals surface area contributed by atoms with Gasteiger partial charge in [0.05, 0.1) is 25.7 Å². The number of nitrogens with zero attached hydrogens (tertiary/aromatic N) is 2. The van der Waals surface area contributed by atoms with Gasteiger partial charge in [-0.25, -0.2) is 0 Å². The van der Waals surface area contributed by atoms with Crippen LogP contribution in [0.15, 0.2) is 0 Å². The Kier molecular flexibility index (Phi) is 7.46. The Bertz CT molecular complexity index is 530. The van der Waals surface area contributed by atoms with Gasteiger partial charge in [0, 0.05) is 45.2 Å². The van der Waals surface area contributed by atoms with Crippen molar-refractivity contribution in [2.24, 2.45) is 5.92 Å². The van der Waals surface area contributed by atoms with Crippen LogP contribution in [-0.4, -0.2) is 86.0 Å². The molecule has 0 radical (unpaired) electrons. The number of hydrogen-bond donors (Lipinski definition) is 2. The number of morpholine rings is 1. The van der Waals surface area contributed by atoms with E-state index in [4.69, 9.17) is 4.74 Å². The third kappa shape index (κ3) is 5.90. The molecule has 0 aromatic heterocycles. The van der Waals surface area contributed by atoms with Crippen molar-refractivity contribution in [3.8, 4) is 0 Å². The maximum atomic E-state index is 12.4. The summed E-state index contributed by atoms with van der Waals surface area (Å²) in [6.45, 7) is 5.07. The maximum Gasteiger partial charge on any atom is 0.239 e. The summed E-state index contributed by atoms with van der Waals surface area (Å²) >= 11 is 0. The van der Waals surface area contributed by atoms with Crippen molar-refractivity contribution in [2.75, 3.05) is 52.5 Å². The molecule has 1 saturated carbocycles. The summed E-state index contributed by atoms with van der Waals surface area (Å²) in [5.74, 6) is -0.632. The second-order valence-corrected chi connectivity index (χ2v) is 7.76. The number of amides is 3. The van der Waals surface area contributed by atoms with E-state index in [0.29, 0.717) is 19.1 Å². The van der Waals surface area contributed by atoms with Crippen LogP contribution in [-0.2, 0) is 19.1 Å². The predicted molar refractivity (Wildman–Crippen MR) is 100.0 cm³/mol. The molecule has 0 spiro atoms. The summed E-state index contributed by atoms with van der Waals surface area (Å²) in [6.07, 6.45) is 5.92. The molecule has 1 unspecified atom stereocenters. The first-order valence-corrected chi connectivity index (χ1v) is 10.3. The van der Waals surface area contributed by atoms with Gasteiger partial charge in [-0.05, 0) is 12.8 Å². The van der Waals surface area contributed by atoms with Crippen LogP contribution in [0.3, 0.4) is 0 Å². The molecular formula is C19H32N4O4. The van der Waals surface area contributed by atoms with Gasteiger partial charge in [0.1, 0.15) is 0 Å². The van der Waals surface area contributed by atoms with Crippen LogP contribution >= 0.6 is 0 Å². The van der Waals surface area contributed by atoms with Gasteiger partial charge in [-0.3, -0.25) is 19.3 Å². The van der Waals surface area contributed by atoms with Gasteiger partial charge in [-0.2, -0.15) is 0 Å². The van der Waals surface area contributed by atoms with Crippen LogP contribution in [0.2, 0.25) is 0 Å². The molecule has 2 heterocycles. The van der Waals surface area contributed by atoms with Gasteiger partial charge in [0.15, 0.2) is 0 Å². The lowest BCUT2D eigenvalue weighted by Crippen LogP contribution is -2.44. The Morgan fingerprint density at radius 1 is 1.07 bits per heavy atom. The third-order valence-corrected chi connectivity index (χ3v) is 5.82. The minimum Gasteiger partial charge on any atom is -0.379 e. The van der Waals surface area contributed by atoms with E-state index in [9.17, 15) is 14.4 Å². The van der Waals surface area contributed by atoms with Crippen LogP contribution in [0.25, 0.3) is 0 Å². The van der Waals surface area contributed by atoms with Gasteiger partial charge < -0.3 is 20.3 Å². The van der Waals surface area contributed by atoms with Crippen molar-refractivity contribution in [3.05, 3.63) is 0 Å². The van der Waals surface area contributed by atoms with E-state index in [1.165, 1.54) is 6.42 Å². The average molecular weight is 380 g/mol. The number of carbonyl (C=O) groups is 3. The van der Waals surface area contributed by atoms with Crippen molar-refractivity contribution in [1.82, 2.24) is 20.4 Å². The van der Waals surface area contributed by atoms with Crippen molar-refractivity contribution in [3.63, 3.8) is 0 Å². The normalized spacial score (nSPS) is 24.8. The SMILES string of the molecule is O=C(CNC(=O)C1CC(=O)N(C2CCCCC2)C1)NCCN1CCOCC1. The van der Waals surface area contributed by atoms with Crippen molar-refractivity contribution >= 4 is 17.7 Å². The molecule has 3 aliphatic rings. The summed E-state index contributed by atoms with van der Waals surface area (Å²) in [6, 6.07) is 0.299. The molecular weight excluding hydrogens is 348 g/mol. The van der Waals surface area contributed by atoms with Crippen LogP contribution < -0.4 is 10.6 Å². The second kappa shape index (κ2) is 10.0. The summed E-state index contributed by atoms with van der Waals surface area (Å²) < 4.78 is 5.29.